The second kappa shape index (κ2) is 4.06. The van der Waals surface area contributed by atoms with Gasteiger partial charge in [-0.2, -0.15) is 0 Å². The lowest BCUT2D eigenvalue weighted by molar-refractivity contribution is -0.139. The van der Waals surface area contributed by atoms with E-state index in [2.05, 4.69) is 13.8 Å². The summed E-state index contributed by atoms with van der Waals surface area (Å²) in [5.74, 6) is -0.199. The molecule has 0 aromatic rings. The molecule has 2 nitrogen and oxygen atoms in total. The molecule has 0 saturated carbocycles. The molecule has 3 heteroatoms. The van der Waals surface area contributed by atoms with E-state index in [1.54, 1.807) is 0 Å². The molecule has 0 saturated heterocycles. The van der Waals surface area contributed by atoms with Crippen LogP contribution in [-0.4, -0.2) is 22.9 Å². The molecule has 0 rings (SSSR count). The van der Waals surface area contributed by atoms with Crippen molar-refractivity contribution in [3.05, 3.63) is 0 Å². The molecule has 0 spiro atoms. The lowest BCUT2D eigenvalue weighted by Gasteiger charge is -2.24. The molecule has 2 atom stereocenters. The molecular weight excluding hydrogens is 159 g/mol. The van der Waals surface area contributed by atoms with Crippen LogP contribution in [0, 0.1) is 5.92 Å². The molecule has 1 N–H and O–H groups in total. The molecule has 0 fully saturated rings. The molecule has 66 valence electrons. The lowest BCUT2D eigenvalue weighted by atomic mass is 9.98. The Morgan fingerprint density at radius 1 is 1.64 bits per heavy atom. The third-order valence-electron chi connectivity index (χ3n) is 1.84. The first-order valence-corrected chi connectivity index (χ1v) is 5.34. The maximum atomic E-state index is 10.8. The number of carbonyl (C=O) groups is 1. The zero-order valence-corrected chi connectivity index (χ0v) is 8.64. The maximum absolute atomic E-state index is 10.8. The molecule has 0 aliphatic carbocycles. The third-order valence-corrected chi connectivity index (χ3v) is 3.36. The Kier molecular flexibility index (Phi) is 4.02. The second-order valence-corrected chi connectivity index (χ2v) is 5.09. The summed E-state index contributed by atoms with van der Waals surface area (Å²) in [5.41, 5.74) is 0. The van der Waals surface area contributed by atoms with E-state index in [0.717, 1.165) is 6.42 Å². The number of carboxylic acid groups (broad SMARTS) is 1. The minimum atomic E-state index is -0.660. The quantitative estimate of drug-likeness (QED) is 0.666. The van der Waals surface area contributed by atoms with Gasteiger partial charge in [-0.05, 0) is 25.9 Å². The molecule has 0 amide bonds. The van der Waals surface area contributed by atoms with E-state index >= 15 is 0 Å². The largest absolute Gasteiger partial charge is 0.481 e. The van der Waals surface area contributed by atoms with Crippen LogP contribution >= 0.6 is 8.58 Å². The molecule has 2 unspecified atom stereocenters. The van der Waals surface area contributed by atoms with Crippen molar-refractivity contribution in [2.45, 2.75) is 32.3 Å². The Morgan fingerprint density at radius 2 is 2.09 bits per heavy atom. The first-order valence-electron chi connectivity index (χ1n) is 3.84. The normalized spacial score (nSPS) is 17.5. The molecule has 0 radical (unpaired) electrons. The van der Waals surface area contributed by atoms with Gasteiger partial charge in [0.2, 0.25) is 0 Å². The SMILES string of the molecule is CPC(C)(CC(C)C)C(=O)O. The number of rotatable bonds is 4. The summed E-state index contributed by atoms with van der Waals surface area (Å²) in [5, 5.41) is 8.40. The van der Waals surface area contributed by atoms with E-state index in [1.807, 2.05) is 13.6 Å². The van der Waals surface area contributed by atoms with Gasteiger partial charge in [0.1, 0.15) is 0 Å². The van der Waals surface area contributed by atoms with Crippen molar-refractivity contribution in [1.82, 2.24) is 0 Å². The van der Waals surface area contributed by atoms with Crippen LogP contribution in [0.2, 0.25) is 0 Å². The summed E-state index contributed by atoms with van der Waals surface area (Å²) in [7, 11) is 0.475. The zero-order valence-electron chi connectivity index (χ0n) is 7.64. The first-order chi connectivity index (χ1) is 4.92. The maximum Gasteiger partial charge on any atom is 0.313 e. The fourth-order valence-corrected chi connectivity index (χ4v) is 1.94. The van der Waals surface area contributed by atoms with Crippen molar-refractivity contribution in [1.29, 1.82) is 0 Å². The molecule has 0 bridgehead atoms. The summed E-state index contributed by atoms with van der Waals surface area (Å²) >= 11 is 0. The fraction of sp³-hybridized carbons (Fsp3) is 0.875. The van der Waals surface area contributed by atoms with Crippen LogP contribution in [0.4, 0.5) is 0 Å². The number of carboxylic acids is 1. The van der Waals surface area contributed by atoms with Crippen LogP contribution < -0.4 is 0 Å². The Morgan fingerprint density at radius 3 is 2.18 bits per heavy atom. The predicted molar refractivity (Wildman–Crippen MR) is 49.7 cm³/mol. The van der Waals surface area contributed by atoms with Crippen LogP contribution in [0.5, 0.6) is 0 Å². The highest BCUT2D eigenvalue weighted by atomic mass is 31.1. The second-order valence-electron chi connectivity index (χ2n) is 3.49. The van der Waals surface area contributed by atoms with Crippen LogP contribution in [0.25, 0.3) is 0 Å². The topological polar surface area (TPSA) is 37.3 Å². The highest BCUT2D eigenvalue weighted by Gasteiger charge is 2.31. The average Bonchev–Trinajstić information content (AvgIpc) is 1.86. The summed E-state index contributed by atoms with van der Waals surface area (Å²) in [6.07, 6.45) is 0.775. The van der Waals surface area contributed by atoms with Crippen molar-refractivity contribution < 1.29 is 9.90 Å². The molecule has 0 aromatic heterocycles. The smallest absolute Gasteiger partial charge is 0.313 e. The van der Waals surface area contributed by atoms with E-state index < -0.39 is 11.1 Å². The van der Waals surface area contributed by atoms with Gasteiger partial charge in [0.15, 0.2) is 0 Å². The standard InChI is InChI=1S/C8H17O2P/c1-6(2)5-8(3,11-4)7(9)10/h6,11H,5H2,1-4H3,(H,9,10). The monoisotopic (exact) mass is 176 g/mol. The fourth-order valence-electron chi connectivity index (χ4n) is 1.11. The summed E-state index contributed by atoms with van der Waals surface area (Å²) in [6, 6.07) is 0. The first kappa shape index (κ1) is 10.9. The number of aliphatic carboxylic acids is 1. The minimum Gasteiger partial charge on any atom is -0.481 e. The molecule has 11 heavy (non-hydrogen) atoms. The number of hydrogen-bond donors (Lipinski definition) is 1. The van der Waals surface area contributed by atoms with Gasteiger partial charge in [0.05, 0.1) is 5.16 Å². The van der Waals surface area contributed by atoms with Gasteiger partial charge in [-0.3, -0.25) is 4.79 Å². The lowest BCUT2D eigenvalue weighted by Crippen LogP contribution is -2.31. The third kappa shape index (κ3) is 3.20. The van der Waals surface area contributed by atoms with E-state index in [4.69, 9.17) is 5.11 Å². The molecule has 0 aliphatic heterocycles. The van der Waals surface area contributed by atoms with Crippen molar-refractivity contribution in [2.24, 2.45) is 5.92 Å². The van der Waals surface area contributed by atoms with Crippen LogP contribution in [0.3, 0.4) is 0 Å². The molecule has 0 aromatic carbocycles. The van der Waals surface area contributed by atoms with E-state index in [-0.39, 0.29) is 0 Å². The summed E-state index contributed by atoms with van der Waals surface area (Å²) < 4.78 is 0. The average molecular weight is 176 g/mol. The van der Waals surface area contributed by atoms with Crippen molar-refractivity contribution >= 4 is 14.6 Å². The summed E-state index contributed by atoms with van der Waals surface area (Å²) in [4.78, 5) is 10.8. The van der Waals surface area contributed by atoms with E-state index in [1.165, 1.54) is 0 Å². The van der Waals surface area contributed by atoms with Gasteiger partial charge in [-0.1, -0.05) is 13.8 Å². The number of hydrogen-bond acceptors (Lipinski definition) is 1. The van der Waals surface area contributed by atoms with Crippen molar-refractivity contribution in [3.8, 4) is 0 Å². The Hall–Kier alpha value is -0.100. The Labute approximate surface area is 70.2 Å². The van der Waals surface area contributed by atoms with Gasteiger partial charge < -0.3 is 5.11 Å². The highest BCUT2D eigenvalue weighted by Crippen LogP contribution is 2.34. The van der Waals surface area contributed by atoms with E-state index in [0.29, 0.717) is 14.5 Å². The highest BCUT2D eigenvalue weighted by molar-refractivity contribution is 7.40. The van der Waals surface area contributed by atoms with Crippen LogP contribution in [0.1, 0.15) is 27.2 Å². The Balaban J connectivity index is 4.22. The molecule has 0 heterocycles. The van der Waals surface area contributed by atoms with Gasteiger partial charge in [-0.25, -0.2) is 0 Å². The van der Waals surface area contributed by atoms with Gasteiger partial charge >= 0.3 is 5.97 Å². The van der Waals surface area contributed by atoms with Crippen LogP contribution in [-0.2, 0) is 4.79 Å². The summed E-state index contributed by atoms with van der Waals surface area (Å²) in [6.45, 7) is 7.90. The van der Waals surface area contributed by atoms with E-state index in [9.17, 15) is 4.79 Å². The van der Waals surface area contributed by atoms with Gasteiger partial charge in [0, 0.05) is 0 Å². The van der Waals surface area contributed by atoms with Gasteiger partial charge in [-0.15, -0.1) is 8.58 Å². The van der Waals surface area contributed by atoms with Gasteiger partial charge in [0.25, 0.3) is 0 Å². The van der Waals surface area contributed by atoms with Crippen LogP contribution in [0.15, 0.2) is 0 Å². The van der Waals surface area contributed by atoms with Crippen molar-refractivity contribution in [2.75, 3.05) is 6.66 Å². The van der Waals surface area contributed by atoms with Crippen molar-refractivity contribution in [3.63, 3.8) is 0 Å². The Bertz CT molecular complexity index is 145. The molecule has 0 aliphatic rings. The zero-order chi connectivity index (χ0) is 9.07. The predicted octanol–water partition coefficient (Wildman–Crippen LogP) is 2.18. The molecular formula is C8H17O2P. The minimum absolute atomic E-state index is 0.462.